The minimum Gasteiger partial charge on any atom is -0.379 e. The highest BCUT2D eigenvalue weighted by Gasteiger charge is 2.40. The Morgan fingerprint density at radius 2 is 2.08 bits per heavy atom. The minimum atomic E-state index is 0.0893. The molecule has 2 aliphatic heterocycles. The summed E-state index contributed by atoms with van der Waals surface area (Å²) in [6.45, 7) is 7.72. The molecule has 2 aromatic heterocycles. The molecule has 0 aromatic carbocycles. The van der Waals surface area contributed by atoms with Crippen molar-refractivity contribution < 1.29 is 4.74 Å². The smallest absolute Gasteiger partial charge is 0.170 e. The lowest BCUT2D eigenvalue weighted by Crippen LogP contribution is -2.42. The second-order valence-corrected chi connectivity index (χ2v) is 8.43. The van der Waals surface area contributed by atoms with Gasteiger partial charge in [0.1, 0.15) is 0 Å². The van der Waals surface area contributed by atoms with Gasteiger partial charge in [-0.15, -0.1) is 11.3 Å². The molecule has 2 aliphatic rings. The van der Waals surface area contributed by atoms with Gasteiger partial charge in [-0.1, -0.05) is 6.07 Å². The molecule has 0 saturated carbocycles. The van der Waals surface area contributed by atoms with Crippen LogP contribution in [0.25, 0.3) is 0 Å². The summed E-state index contributed by atoms with van der Waals surface area (Å²) in [5.74, 6) is 0. The normalized spacial score (nSPS) is 24.0. The first-order chi connectivity index (χ1) is 12.7. The maximum atomic E-state index is 5.72. The summed E-state index contributed by atoms with van der Waals surface area (Å²) in [6, 6.07) is 10.8. The van der Waals surface area contributed by atoms with Crippen LogP contribution in [0.5, 0.6) is 0 Å². The van der Waals surface area contributed by atoms with Crippen molar-refractivity contribution in [3.05, 3.63) is 52.0 Å². The van der Waals surface area contributed by atoms with E-state index in [-0.39, 0.29) is 12.1 Å². The molecule has 7 heteroatoms. The molecule has 0 aliphatic carbocycles. The monoisotopic (exact) mass is 388 g/mol. The third kappa shape index (κ3) is 3.76. The van der Waals surface area contributed by atoms with Gasteiger partial charge in [0, 0.05) is 42.1 Å². The van der Waals surface area contributed by atoms with Crippen LogP contribution in [-0.2, 0) is 4.74 Å². The Labute approximate surface area is 164 Å². The molecule has 2 aromatic rings. The highest BCUT2D eigenvalue weighted by molar-refractivity contribution is 7.80. The molecular weight excluding hydrogens is 364 g/mol. The Morgan fingerprint density at radius 3 is 2.77 bits per heavy atom. The van der Waals surface area contributed by atoms with Crippen molar-refractivity contribution in [1.82, 2.24) is 20.1 Å². The van der Waals surface area contributed by atoms with Crippen LogP contribution in [0.1, 0.15) is 27.5 Å². The van der Waals surface area contributed by atoms with E-state index in [9.17, 15) is 0 Å². The summed E-state index contributed by atoms with van der Waals surface area (Å²) in [6.07, 6.45) is 1.85. The summed E-state index contributed by atoms with van der Waals surface area (Å²) in [7, 11) is 0. The fourth-order valence-corrected chi connectivity index (χ4v) is 5.00. The number of ether oxygens (including phenoxy) is 1. The largest absolute Gasteiger partial charge is 0.379 e. The first-order valence-electron chi connectivity index (χ1n) is 9.07. The van der Waals surface area contributed by atoms with Crippen molar-refractivity contribution in [3.8, 4) is 0 Å². The second-order valence-electron chi connectivity index (χ2n) is 6.72. The van der Waals surface area contributed by atoms with E-state index >= 15 is 0 Å². The van der Waals surface area contributed by atoms with Crippen molar-refractivity contribution in [2.45, 2.75) is 19.0 Å². The lowest BCUT2D eigenvalue weighted by atomic mass is 10.0. The van der Waals surface area contributed by atoms with E-state index in [1.54, 1.807) is 0 Å². The van der Waals surface area contributed by atoms with Crippen LogP contribution in [0.2, 0.25) is 0 Å². The molecule has 26 heavy (non-hydrogen) atoms. The lowest BCUT2D eigenvalue weighted by molar-refractivity contribution is 0.0351. The van der Waals surface area contributed by atoms with Gasteiger partial charge in [0.2, 0.25) is 0 Å². The molecule has 2 atom stereocenters. The number of nitrogens with one attached hydrogen (secondary N) is 1. The summed E-state index contributed by atoms with van der Waals surface area (Å²) in [4.78, 5) is 12.1. The Bertz CT molecular complexity index is 745. The van der Waals surface area contributed by atoms with E-state index in [0.717, 1.165) is 50.2 Å². The number of pyridine rings is 1. The molecule has 138 valence electrons. The highest BCUT2D eigenvalue weighted by Crippen LogP contribution is 2.40. The van der Waals surface area contributed by atoms with Gasteiger partial charge in [-0.05, 0) is 43.4 Å². The summed E-state index contributed by atoms with van der Waals surface area (Å²) in [5, 5.41) is 4.35. The molecule has 0 spiro atoms. The number of hydrogen-bond acceptors (Lipinski definition) is 5. The number of aromatic nitrogens is 1. The van der Waals surface area contributed by atoms with Gasteiger partial charge < -0.3 is 15.0 Å². The first-order valence-corrected chi connectivity index (χ1v) is 10.3. The number of thiocarbonyl (C=S) groups is 1. The third-order valence-electron chi connectivity index (χ3n) is 5.01. The van der Waals surface area contributed by atoms with Crippen LogP contribution >= 0.6 is 23.6 Å². The maximum absolute atomic E-state index is 5.72. The number of morpholine rings is 1. The van der Waals surface area contributed by atoms with Crippen LogP contribution in [0.15, 0.2) is 36.5 Å². The van der Waals surface area contributed by atoms with Gasteiger partial charge >= 0.3 is 0 Å². The number of aryl methyl sites for hydroxylation is 1. The van der Waals surface area contributed by atoms with E-state index < -0.39 is 0 Å². The topological polar surface area (TPSA) is 40.6 Å². The first kappa shape index (κ1) is 17.9. The zero-order valence-electron chi connectivity index (χ0n) is 14.9. The molecule has 0 radical (unpaired) electrons. The third-order valence-corrected chi connectivity index (χ3v) is 6.43. The zero-order chi connectivity index (χ0) is 17.9. The Hall–Kier alpha value is -1.54. The van der Waals surface area contributed by atoms with Crippen molar-refractivity contribution in [1.29, 1.82) is 0 Å². The molecule has 0 bridgehead atoms. The molecule has 4 heterocycles. The molecule has 0 amide bonds. The summed E-state index contributed by atoms with van der Waals surface area (Å²) < 4.78 is 5.46. The van der Waals surface area contributed by atoms with Crippen LogP contribution < -0.4 is 5.32 Å². The van der Waals surface area contributed by atoms with E-state index in [2.05, 4.69) is 45.2 Å². The van der Waals surface area contributed by atoms with Gasteiger partial charge in [-0.3, -0.25) is 9.88 Å². The Balaban J connectivity index is 1.57. The predicted molar refractivity (Wildman–Crippen MR) is 108 cm³/mol. The average Bonchev–Trinajstić information content (AvgIpc) is 3.24. The standard InChI is InChI=1S/C19H24N4OS2/c1-14-5-6-16(26-14)18-17(15-4-2-3-7-20-15)21-19(25)23(18)9-8-22-10-12-24-13-11-22/h2-7,17-18H,8-13H2,1H3,(H,21,25)/t17-,18+/m1/s1. The molecule has 1 N–H and O–H groups in total. The quantitative estimate of drug-likeness (QED) is 0.795. The molecule has 2 saturated heterocycles. The number of rotatable bonds is 5. The summed E-state index contributed by atoms with van der Waals surface area (Å²) in [5.41, 5.74) is 1.04. The van der Waals surface area contributed by atoms with E-state index in [1.165, 1.54) is 9.75 Å². The van der Waals surface area contributed by atoms with Crippen molar-refractivity contribution in [3.63, 3.8) is 0 Å². The average molecular weight is 389 g/mol. The SMILES string of the molecule is Cc1ccc([C@H]2[C@@H](c3ccccn3)NC(=S)N2CCN2CCOCC2)s1. The van der Waals surface area contributed by atoms with Crippen LogP contribution in [0.3, 0.4) is 0 Å². The Morgan fingerprint density at radius 1 is 1.23 bits per heavy atom. The van der Waals surface area contributed by atoms with Crippen LogP contribution in [0.4, 0.5) is 0 Å². The maximum Gasteiger partial charge on any atom is 0.170 e. The highest BCUT2D eigenvalue weighted by atomic mass is 32.1. The van der Waals surface area contributed by atoms with Gasteiger partial charge in [0.25, 0.3) is 0 Å². The van der Waals surface area contributed by atoms with Gasteiger partial charge in [-0.2, -0.15) is 0 Å². The minimum absolute atomic E-state index is 0.0893. The molecular formula is C19H24N4OS2. The number of hydrogen-bond donors (Lipinski definition) is 1. The fourth-order valence-electron chi connectivity index (χ4n) is 3.64. The fraction of sp³-hybridized carbons (Fsp3) is 0.474. The van der Waals surface area contributed by atoms with Gasteiger partial charge in [0.15, 0.2) is 5.11 Å². The molecule has 2 fully saturated rings. The zero-order valence-corrected chi connectivity index (χ0v) is 16.6. The second kappa shape index (κ2) is 8.00. The van der Waals surface area contributed by atoms with Gasteiger partial charge in [0.05, 0.1) is 31.0 Å². The Kier molecular flexibility index (Phi) is 5.49. The summed E-state index contributed by atoms with van der Waals surface area (Å²) >= 11 is 7.56. The number of nitrogens with zero attached hydrogens (tertiary/aromatic N) is 3. The van der Waals surface area contributed by atoms with E-state index in [1.807, 2.05) is 29.7 Å². The van der Waals surface area contributed by atoms with Crippen LogP contribution in [-0.4, -0.2) is 59.3 Å². The van der Waals surface area contributed by atoms with Gasteiger partial charge in [-0.25, -0.2) is 0 Å². The number of thiophene rings is 1. The van der Waals surface area contributed by atoms with Crippen molar-refractivity contribution in [2.75, 3.05) is 39.4 Å². The molecule has 5 nitrogen and oxygen atoms in total. The molecule has 0 unspecified atom stereocenters. The van der Waals surface area contributed by atoms with E-state index in [0.29, 0.717) is 0 Å². The van der Waals surface area contributed by atoms with Crippen LogP contribution in [0, 0.1) is 6.92 Å². The van der Waals surface area contributed by atoms with E-state index in [4.69, 9.17) is 17.0 Å². The van der Waals surface area contributed by atoms with Crippen molar-refractivity contribution in [2.24, 2.45) is 0 Å². The predicted octanol–water partition coefficient (Wildman–Crippen LogP) is 2.76. The molecule has 4 rings (SSSR count). The lowest BCUT2D eigenvalue weighted by Gasteiger charge is -2.31. The van der Waals surface area contributed by atoms with Crippen molar-refractivity contribution >= 4 is 28.7 Å².